The fourth-order valence-electron chi connectivity index (χ4n) is 2.81. The van der Waals surface area contributed by atoms with Gasteiger partial charge < -0.3 is 24.8 Å². The Balaban J connectivity index is 1.56. The molecule has 27 heavy (non-hydrogen) atoms. The summed E-state index contributed by atoms with van der Waals surface area (Å²) >= 11 is 0. The number of methoxy groups -OCH3 is 3. The lowest BCUT2D eigenvalue weighted by atomic mass is 10.2. The lowest BCUT2D eigenvalue weighted by Gasteiger charge is -2.14. The molecule has 0 amide bonds. The van der Waals surface area contributed by atoms with Crippen LogP contribution in [-0.4, -0.2) is 54.0 Å². The van der Waals surface area contributed by atoms with Gasteiger partial charge in [-0.2, -0.15) is 14.6 Å². The first-order chi connectivity index (χ1) is 13.2. The first-order valence-corrected chi connectivity index (χ1v) is 8.57. The Hall–Kier alpha value is -3.07. The number of aromatic nitrogens is 4. The molecule has 3 rings (SSSR count). The average Bonchev–Trinajstić information content (AvgIpc) is 3.15. The number of nitrogens with one attached hydrogen (secondary N) is 2. The summed E-state index contributed by atoms with van der Waals surface area (Å²) in [7, 11) is 4.82. The average molecular weight is 372 g/mol. The van der Waals surface area contributed by atoms with Gasteiger partial charge in [-0.15, -0.1) is 0 Å². The highest BCUT2D eigenvalue weighted by Gasteiger charge is 2.12. The minimum atomic E-state index is 0.586. The first-order valence-electron chi connectivity index (χ1n) is 8.57. The third-order valence-corrected chi connectivity index (χ3v) is 4.04. The Morgan fingerprint density at radius 3 is 2.41 bits per heavy atom. The van der Waals surface area contributed by atoms with Gasteiger partial charge in [0.2, 0.25) is 5.75 Å². The maximum absolute atomic E-state index is 5.38. The van der Waals surface area contributed by atoms with Crippen LogP contribution in [0.4, 0.5) is 5.82 Å². The predicted molar refractivity (Wildman–Crippen MR) is 102 cm³/mol. The summed E-state index contributed by atoms with van der Waals surface area (Å²) in [6, 6.07) is 5.82. The number of aryl methyl sites for hydroxylation is 1. The van der Waals surface area contributed by atoms with E-state index in [1.54, 1.807) is 25.8 Å². The van der Waals surface area contributed by atoms with E-state index in [-0.39, 0.29) is 0 Å². The third-order valence-electron chi connectivity index (χ3n) is 4.04. The molecule has 0 aliphatic rings. The van der Waals surface area contributed by atoms with Crippen LogP contribution in [0.2, 0.25) is 0 Å². The molecule has 0 radical (unpaired) electrons. The minimum absolute atomic E-state index is 0.586. The van der Waals surface area contributed by atoms with Crippen molar-refractivity contribution in [2.45, 2.75) is 13.5 Å². The Morgan fingerprint density at radius 1 is 1.00 bits per heavy atom. The second-order valence-corrected chi connectivity index (χ2v) is 5.89. The molecule has 0 spiro atoms. The van der Waals surface area contributed by atoms with Gasteiger partial charge in [0.15, 0.2) is 11.5 Å². The van der Waals surface area contributed by atoms with Gasteiger partial charge in [-0.25, -0.2) is 4.98 Å². The van der Waals surface area contributed by atoms with E-state index >= 15 is 0 Å². The van der Waals surface area contributed by atoms with Crippen LogP contribution in [0.3, 0.4) is 0 Å². The Labute approximate surface area is 157 Å². The highest BCUT2D eigenvalue weighted by molar-refractivity contribution is 5.53. The molecule has 9 nitrogen and oxygen atoms in total. The molecular formula is C18H24N6O3. The molecule has 0 atom stereocenters. The Bertz CT molecular complexity index is 886. The number of rotatable bonds is 9. The number of hydrogen-bond donors (Lipinski definition) is 2. The summed E-state index contributed by atoms with van der Waals surface area (Å²) in [5.41, 5.74) is 1.94. The normalized spacial score (nSPS) is 10.8. The van der Waals surface area contributed by atoms with Crippen LogP contribution in [0.25, 0.3) is 5.78 Å². The number of anilines is 1. The van der Waals surface area contributed by atoms with E-state index < -0.39 is 0 Å². The van der Waals surface area contributed by atoms with E-state index in [1.165, 1.54) is 6.33 Å². The summed E-state index contributed by atoms with van der Waals surface area (Å²) in [5, 5.41) is 10.9. The van der Waals surface area contributed by atoms with E-state index in [1.807, 2.05) is 25.1 Å². The van der Waals surface area contributed by atoms with Crippen molar-refractivity contribution in [3.63, 3.8) is 0 Å². The molecule has 0 bridgehead atoms. The molecule has 2 N–H and O–H groups in total. The maximum Gasteiger partial charge on any atom is 0.254 e. The number of fused-ring (bicyclic) bond motifs is 1. The van der Waals surface area contributed by atoms with Gasteiger partial charge in [-0.1, -0.05) is 0 Å². The predicted octanol–water partition coefficient (Wildman–Crippen LogP) is 1.66. The molecule has 0 aliphatic heterocycles. The van der Waals surface area contributed by atoms with Crippen LogP contribution in [-0.2, 0) is 6.54 Å². The van der Waals surface area contributed by atoms with Crippen molar-refractivity contribution in [2.24, 2.45) is 0 Å². The van der Waals surface area contributed by atoms with Crippen LogP contribution >= 0.6 is 0 Å². The zero-order valence-corrected chi connectivity index (χ0v) is 15.9. The van der Waals surface area contributed by atoms with Crippen molar-refractivity contribution < 1.29 is 14.2 Å². The first kappa shape index (κ1) is 18.7. The van der Waals surface area contributed by atoms with E-state index in [0.717, 1.165) is 30.2 Å². The van der Waals surface area contributed by atoms with Gasteiger partial charge in [0.25, 0.3) is 5.78 Å². The van der Waals surface area contributed by atoms with Gasteiger partial charge in [0, 0.05) is 31.4 Å². The van der Waals surface area contributed by atoms with Crippen molar-refractivity contribution in [3.05, 3.63) is 35.8 Å². The largest absolute Gasteiger partial charge is 0.493 e. The molecule has 1 aromatic carbocycles. The topological polar surface area (TPSA) is 94.8 Å². The molecule has 144 valence electrons. The molecule has 0 unspecified atom stereocenters. The van der Waals surface area contributed by atoms with Crippen molar-refractivity contribution in [1.82, 2.24) is 24.9 Å². The fraction of sp³-hybridized carbons (Fsp3) is 0.389. The van der Waals surface area contributed by atoms with Crippen molar-refractivity contribution >= 4 is 11.6 Å². The SMILES string of the molecule is COc1cc(CNCCNc2cc(C)nc3ncnn23)cc(OC)c1OC. The highest BCUT2D eigenvalue weighted by atomic mass is 16.5. The summed E-state index contributed by atoms with van der Waals surface area (Å²) in [4.78, 5) is 8.45. The Kier molecular flexibility index (Phi) is 5.92. The van der Waals surface area contributed by atoms with E-state index in [4.69, 9.17) is 14.2 Å². The zero-order valence-electron chi connectivity index (χ0n) is 15.9. The standard InChI is InChI=1S/C18H24N6O3/c1-12-7-16(24-18(23-12)21-11-22-24)20-6-5-19-10-13-8-14(25-2)17(27-4)15(9-13)26-3/h7-9,11,19-20H,5-6,10H2,1-4H3. The van der Waals surface area contributed by atoms with Crippen LogP contribution in [0.15, 0.2) is 24.5 Å². The lowest BCUT2D eigenvalue weighted by molar-refractivity contribution is 0.323. The summed E-state index contributed by atoms with van der Waals surface area (Å²) in [5.74, 6) is 3.34. The molecular weight excluding hydrogens is 348 g/mol. The zero-order chi connectivity index (χ0) is 19.2. The van der Waals surface area contributed by atoms with Crippen molar-refractivity contribution in [1.29, 1.82) is 0 Å². The number of benzene rings is 1. The third kappa shape index (κ3) is 4.20. The summed E-state index contributed by atoms with van der Waals surface area (Å²) in [6.45, 7) is 4.09. The lowest BCUT2D eigenvalue weighted by Crippen LogP contribution is -2.22. The van der Waals surface area contributed by atoms with Crippen LogP contribution in [0.1, 0.15) is 11.3 Å². The quantitative estimate of drug-likeness (QED) is 0.548. The second kappa shape index (κ2) is 8.54. The second-order valence-electron chi connectivity index (χ2n) is 5.89. The fourth-order valence-corrected chi connectivity index (χ4v) is 2.81. The van der Waals surface area contributed by atoms with Gasteiger partial charge in [0.1, 0.15) is 12.1 Å². The smallest absolute Gasteiger partial charge is 0.254 e. The minimum Gasteiger partial charge on any atom is -0.493 e. The van der Waals surface area contributed by atoms with E-state index in [0.29, 0.717) is 29.6 Å². The van der Waals surface area contributed by atoms with Crippen molar-refractivity contribution in [2.75, 3.05) is 39.7 Å². The van der Waals surface area contributed by atoms with Crippen LogP contribution < -0.4 is 24.8 Å². The molecule has 3 aromatic rings. The van der Waals surface area contributed by atoms with Crippen LogP contribution in [0.5, 0.6) is 17.2 Å². The number of ether oxygens (including phenoxy) is 3. The van der Waals surface area contributed by atoms with Crippen LogP contribution in [0, 0.1) is 6.92 Å². The molecule has 0 saturated heterocycles. The van der Waals surface area contributed by atoms with E-state index in [2.05, 4.69) is 25.7 Å². The summed E-state index contributed by atoms with van der Waals surface area (Å²) < 4.78 is 17.8. The molecule has 0 aliphatic carbocycles. The summed E-state index contributed by atoms with van der Waals surface area (Å²) in [6.07, 6.45) is 1.50. The molecule has 0 fully saturated rings. The number of hydrogen-bond acceptors (Lipinski definition) is 8. The van der Waals surface area contributed by atoms with Crippen molar-refractivity contribution in [3.8, 4) is 17.2 Å². The molecule has 2 heterocycles. The van der Waals surface area contributed by atoms with Gasteiger partial charge in [-0.3, -0.25) is 0 Å². The maximum atomic E-state index is 5.38. The van der Waals surface area contributed by atoms with Gasteiger partial charge in [0.05, 0.1) is 21.3 Å². The molecule has 2 aromatic heterocycles. The van der Waals surface area contributed by atoms with E-state index in [9.17, 15) is 0 Å². The monoisotopic (exact) mass is 372 g/mol. The van der Waals surface area contributed by atoms with Gasteiger partial charge in [-0.05, 0) is 24.6 Å². The molecule has 0 saturated carbocycles. The molecule has 9 heteroatoms. The highest BCUT2D eigenvalue weighted by Crippen LogP contribution is 2.38. The number of nitrogens with zero attached hydrogens (tertiary/aromatic N) is 4. The van der Waals surface area contributed by atoms with Gasteiger partial charge >= 0.3 is 0 Å². The Morgan fingerprint density at radius 2 is 1.74 bits per heavy atom.